The number of nitrogens with one attached hydrogen (secondary N) is 1. The van der Waals surface area contributed by atoms with Crippen LogP contribution in [0.4, 0.5) is 5.82 Å². The van der Waals surface area contributed by atoms with Gasteiger partial charge in [0.1, 0.15) is 0 Å². The van der Waals surface area contributed by atoms with E-state index in [1.165, 1.54) is 5.56 Å². The Labute approximate surface area is 115 Å². The summed E-state index contributed by atoms with van der Waals surface area (Å²) >= 11 is 1.62. The molecule has 0 amide bonds. The van der Waals surface area contributed by atoms with Crippen LogP contribution in [0.3, 0.4) is 0 Å². The van der Waals surface area contributed by atoms with Gasteiger partial charge in [0.05, 0.1) is 22.0 Å². The number of nitrogens with zero attached hydrogens (tertiary/aromatic N) is 2. The highest BCUT2D eigenvalue weighted by atomic mass is 32.1. The quantitative estimate of drug-likeness (QED) is 0.750. The summed E-state index contributed by atoms with van der Waals surface area (Å²) in [6, 6.07) is 8.14. The number of aromatic nitrogens is 3. The summed E-state index contributed by atoms with van der Waals surface area (Å²) in [4.78, 5) is 4.50. The third kappa shape index (κ3) is 2.02. The second-order valence-corrected chi connectivity index (χ2v) is 5.49. The van der Waals surface area contributed by atoms with Crippen LogP contribution < -0.4 is 5.73 Å². The van der Waals surface area contributed by atoms with E-state index in [0.29, 0.717) is 5.82 Å². The van der Waals surface area contributed by atoms with Gasteiger partial charge in [0.25, 0.3) is 0 Å². The van der Waals surface area contributed by atoms with Gasteiger partial charge in [-0.1, -0.05) is 24.3 Å². The molecule has 4 nitrogen and oxygen atoms in total. The Hall–Kier alpha value is -2.14. The summed E-state index contributed by atoms with van der Waals surface area (Å²) in [6.45, 7) is 4.05. The van der Waals surface area contributed by atoms with Crippen molar-refractivity contribution in [2.45, 2.75) is 13.8 Å². The Morgan fingerprint density at radius 2 is 2.00 bits per heavy atom. The zero-order valence-corrected chi connectivity index (χ0v) is 11.6. The molecule has 0 atom stereocenters. The first-order valence-corrected chi connectivity index (χ1v) is 6.87. The Balaban J connectivity index is 2.22. The number of thiazole rings is 1. The number of nitrogen functional groups attached to an aromatic ring is 1. The van der Waals surface area contributed by atoms with E-state index in [-0.39, 0.29) is 0 Å². The molecule has 3 aromatic rings. The van der Waals surface area contributed by atoms with Crippen LogP contribution in [0, 0.1) is 13.8 Å². The highest BCUT2D eigenvalue weighted by Gasteiger charge is 2.17. The van der Waals surface area contributed by atoms with Crippen LogP contribution in [0.5, 0.6) is 0 Å². The summed E-state index contributed by atoms with van der Waals surface area (Å²) in [5.74, 6) is 0.509. The summed E-state index contributed by atoms with van der Waals surface area (Å²) in [5.41, 5.74) is 11.0. The van der Waals surface area contributed by atoms with Gasteiger partial charge >= 0.3 is 0 Å². The van der Waals surface area contributed by atoms with Crippen LogP contribution in [0.25, 0.3) is 22.5 Å². The zero-order valence-electron chi connectivity index (χ0n) is 10.8. The summed E-state index contributed by atoms with van der Waals surface area (Å²) < 4.78 is 0. The number of aromatic amines is 1. The van der Waals surface area contributed by atoms with Gasteiger partial charge in [0, 0.05) is 5.38 Å². The summed E-state index contributed by atoms with van der Waals surface area (Å²) in [7, 11) is 0. The molecule has 0 aliphatic rings. The largest absolute Gasteiger partial charge is 0.382 e. The number of hydrogen-bond donors (Lipinski definition) is 2. The molecule has 3 rings (SSSR count). The number of rotatable bonds is 2. The Morgan fingerprint density at radius 3 is 2.68 bits per heavy atom. The number of aryl methyl sites for hydroxylation is 2. The average Bonchev–Trinajstić information content (AvgIpc) is 2.96. The molecular formula is C14H14N4S. The van der Waals surface area contributed by atoms with Crippen molar-refractivity contribution in [2.24, 2.45) is 0 Å². The Bertz CT molecular complexity index is 727. The van der Waals surface area contributed by atoms with Gasteiger partial charge < -0.3 is 5.73 Å². The van der Waals surface area contributed by atoms with Gasteiger partial charge in [0.15, 0.2) is 5.82 Å². The fourth-order valence-electron chi connectivity index (χ4n) is 2.15. The molecule has 0 bridgehead atoms. The highest BCUT2D eigenvalue weighted by molar-refractivity contribution is 7.09. The fourth-order valence-corrected chi connectivity index (χ4v) is 2.75. The van der Waals surface area contributed by atoms with Crippen LogP contribution in [0.1, 0.15) is 10.6 Å². The number of benzene rings is 1. The molecule has 0 aliphatic carbocycles. The van der Waals surface area contributed by atoms with Gasteiger partial charge in [-0.15, -0.1) is 11.3 Å². The lowest BCUT2D eigenvalue weighted by atomic mass is 9.99. The molecule has 3 N–H and O–H groups in total. The number of hydrogen-bond acceptors (Lipinski definition) is 4. The van der Waals surface area contributed by atoms with Gasteiger partial charge in [-0.05, 0) is 25.0 Å². The first-order valence-electron chi connectivity index (χ1n) is 5.99. The lowest BCUT2D eigenvalue weighted by molar-refractivity contribution is 1.09. The molecule has 0 aliphatic heterocycles. The molecule has 96 valence electrons. The summed E-state index contributed by atoms with van der Waals surface area (Å²) in [6.07, 6.45) is 0. The standard InChI is InChI=1S/C14H14N4S/c1-8-5-3-4-6-10(8)12-13(17-18-14(12)15)11-7-19-9(2)16-11/h3-7H,1-2H3,(H3,15,17,18). The average molecular weight is 270 g/mol. The number of anilines is 1. The van der Waals surface area contributed by atoms with Crippen molar-refractivity contribution >= 4 is 17.2 Å². The predicted octanol–water partition coefficient (Wildman–Crippen LogP) is 3.40. The first kappa shape index (κ1) is 11.9. The second-order valence-electron chi connectivity index (χ2n) is 4.43. The molecule has 0 fully saturated rings. The summed E-state index contributed by atoms with van der Waals surface area (Å²) in [5, 5.41) is 10.2. The van der Waals surface area contributed by atoms with E-state index < -0.39 is 0 Å². The monoisotopic (exact) mass is 270 g/mol. The maximum Gasteiger partial charge on any atom is 0.153 e. The number of H-pyrrole nitrogens is 1. The molecular weight excluding hydrogens is 256 g/mol. The van der Waals surface area contributed by atoms with Crippen LogP contribution >= 0.6 is 11.3 Å². The van der Waals surface area contributed by atoms with Crippen LogP contribution in [-0.2, 0) is 0 Å². The Morgan fingerprint density at radius 1 is 1.21 bits per heavy atom. The molecule has 5 heteroatoms. The van der Waals surface area contributed by atoms with Crippen LogP contribution in [-0.4, -0.2) is 15.2 Å². The van der Waals surface area contributed by atoms with Gasteiger partial charge in [-0.25, -0.2) is 4.98 Å². The molecule has 0 saturated heterocycles. The zero-order chi connectivity index (χ0) is 13.4. The molecule has 0 spiro atoms. The van der Waals surface area contributed by atoms with Crippen molar-refractivity contribution in [2.75, 3.05) is 5.73 Å². The second kappa shape index (κ2) is 4.51. The fraction of sp³-hybridized carbons (Fsp3) is 0.143. The van der Waals surface area contributed by atoms with Gasteiger partial charge in [-0.2, -0.15) is 5.10 Å². The minimum Gasteiger partial charge on any atom is -0.382 e. The molecule has 0 radical (unpaired) electrons. The van der Waals surface area contributed by atoms with Crippen molar-refractivity contribution in [1.82, 2.24) is 15.2 Å². The van der Waals surface area contributed by atoms with Crippen molar-refractivity contribution in [1.29, 1.82) is 0 Å². The van der Waals surface area contributed by atoms with E-state index in [1.807, 2.05) is 24.4 Å². The maximum absolute atomic E-state index is 6.02. The van der Waals surface area contributed by atoms with E-state index in [4.69, 9.17) is 5.73 Å². The van der Waals surface area contributed by atoms with Gasteiger partial charge in [-0.3, -0.25) is 5.10 Å². The minimum atomic E-state index is 0.509. The third-order valence-electron chi connectivity index (χ3n) is 3.08. The number of nitrogens with two attached hydrogens (primary N) is 1. The SMILES string of the molecule is Cc1nc(-c2[nH]nc(N)c2-c2ccccc2C)cs1. The van der Waals surface area contributed by atoms with Crippen molar-refractivity contribution < 1.29 is 0 Å². The van der Waals surface area contributed by atoms with Crippen LogP contribution in [0.2, 0.25) is 0 Å². The van der Waals surface area contributed by atoms with Crippen molar-refractivity contribution in [3.8, 4) is 22.5 Å². The Kier molecular flexibility index (Phi) is 2.83. The maximum atomic E-state index is 6.02. The van der Waals surface area contributed by atoms with Crippen molar-refractivity contribution in [3.05, 3.63) is 40.2 Å². The topological polar surface area (TPSA) is 67.6 Å². The highest BCUT2D eigenvalue weighted by Crippen LogP contribution is 2.36. The minimum absolute atomic E-state index is 0.509. The van der Waals surface area contributed by atoms with E-state index in [0.717, 1.165) is 27.5 Å². The smallest absolute Gasteiger partial charge is 0.153 e. The predicted molar refractivity (Wildman–Crippen MR) is 79.0 cm³/mol. The van der Waals surface area contributed by atoms with Gasteiger partial charge in [0.2, 0.25) is 0 Å². The molecule has 0 unspecified atom stereocenters. The first-order chi connectivity index (χ1) is 9.16. The molecule has 2 heterocycles. The molecule has 0 saturated carbocycles. The molecule has 2 aromatic heterocycles. The normalized spacial score (nSPS) is 10.8. The van der Waals surface area contributed by atoms with Crippen LogP contribution in [0.15, 0.2) is 29.6 Å². The molecule has 19 heavy (non-hydrogen) atoms. The van der Waals surface area contributed by atoms with E-state index >= 15 is 0 Å². The molecule has 1 aromatic carbocycles. The third-order valence-corrected chi connectivity index (χ3v) is 3.86. The van der Waals surface area contributed by atoms with E-state index in [1.54, 1.807) is 11.3 Å². The lowest BCUT2D eigenvalue weighted by Crippen LogP contribution is -1.91. The lowest BCUT2D eigenvalue weighted by Gasteiger charge is -2.06. The van der Waals surface area contributed by atoms with Crippen molar-refractivity contribution in [3.63, 3.8) is 0 Å². The van der Waals surface area contributed by atoms with E-state index in [2.05, 4.69) is 34.2 Å². The van der Waals surface area contributed by atoms with E-state index in [9.17, 15) is 0 Å².